The molecule has 2 aliphatic rings. The van der Waals surface area contributed by atoms with Crippen LogP contribution in [0.1, 0.15) is 24.0 Å². The van der Waals surface area contributed by atoms with E-state index in [4.69, 9.17) is 11.6 Å². The monoisotopic (exact) mass is 454 g/mol. The number of carbonyl (C=O) groups excluding carboxylic acids is 3. The Morgan fingerprint density at radius 1 is 0.906 bits per heavy atom. The average molecular weight is 455 g/mol. The second-order valence-corrected chi connectivity index (χ2v) is 8.52. The van der Waals surface area contributed by atoms with Crippen LogP contribution in [0, 0.1) is 0 Å². The first-order valence-corrected chi connectivity index (χ1v) is 11.3. The third-order valence-electron chi connectivity index (χ3n) is 5.98. The molecule has 0 aromatic heterocycles. The van der Waals surface area contributed by atoms with Crippen molar-refractivity contribution in [3.8, 4) is 0 Å². The van der Waals surface area contributed by atoms with Gasteiger partial charge in [0.05, 0.1) is 6.42 Å². The lowest BCUT2D eigenvalue weighted by Crippen LogP contribution is -2.53. The molecule has 0 radical (unpaired) electrons. The third-order valence-corrected chi connectivity index (χ3v) is 6.35. The fraction of sp³-hybridized carbons (Fsp3) is 0.375. The summed E-state index contributed by atoms with van der Waals surface area (Å²) in [4.78, 5) is 42.3. The highest BCUT2D eigenvalue weighted by Crippen LogP contribution is 2.21. The van der Waals surface area contributed by atoms with Gasteiger partial charge in [0.15, 0.2) is 0 Å². The lowest BCUT2D eigenvalue weighted by atomic mass is 10.1. The lowest BCUT2D eigenvalue weighted by molar-refractivity contribution is -0.131. The van der Waals surface area contributed by atoms with E-state index in [0.29, 0.717) is 44.2 Å². The Balaban J connectivity index is 1.22. The molecule has 8 heteroatoms. The second kappa shape index (κ2) is 10.0. The molecule has 4 rings (SSSR count). The topological polar surface area (TPSA) is 73.0 Å². The Labute approximate surface area is 192 Å². The molecule has 1 N–H and O–H groups in total. The fourth-order valence-electron chi connectivity index (χ4n) is 4.08. The quantitative estimate of drug-likeness (QED) is 0.754. The van der Waals surface area contributed by atoms with Gasteiger partial charge in [0, 0.05) is 56.4 Å². The highest BCUT2D eigenvalue weighted by atomic mass is 35.5. The van der Waals surface area contributed by atoms with Crippen molar-refractivity contribution in [1.82, 2.24) is 15.1 Å². The molecule has 0 saturated carbocycles. The molecule has 0 atom stereocenters. The number of hydrogen-bond donors (Lipinski definition) is 1. The van der Waals surface area contributed by atoms with E-state index in [1.54, 1.807) is 20.8 Å². The fourth-order valence-corrected chi connectivity index (χ4v) is 4.28. The number of nitrogens with one attached hydrogen (secondary N) is 1. The highest BCUT2D eigenvalue weighted by molar-refractivity contribution is 6.31. The van der Waals surface area contributed by atoms with E-state index < -0.39 is 0 Å². The van der Waals surface area contributed by atoms with Crippen LogP contribution in [0.15, 0.2) is 48.5 Å². The van der Waals surface area contributed by atoms with Crippen LogP contribution in [-0.2, 0) is 22.6 Å². The molecule has 0 aliphatic carbocycles. The molecule has 0 unspecified atom stereocenters. The maximum absolute atomic E-state index is 12.6. The third kappa shape index (κ3) is 5.22. The van der Waals surface area contributed by atoms with Crippen LogP contribution in [-0.4, -0.2) is 60.4 Å². The van der Waals surface area contributed by atoms with E-state index in [-0.39, 0.29) is 24.3 Å². The maximum atomic E-state index is 12.6. The average Bonchev–Trinajstić information content (AvgIpc) is 3.25. The zero-order valence-corrected chi connectivity index (χ0v) is 18.7. The molecular formula is C24H27ClN4O3. The van der Waals surface area contributed by atoms with Crippen molar-refractivity contribution in [1.29, 1.82) is 0 Å². The Bertz CT molecular complexity index is 987. The molecule has 2 fully saturated rings. The van der Waals surface area contributed by atoms with Crippen molar-refractivity contribution >= 4 is 35.1 Å². The molecule has 4 amide bonds. The number of amides is 4. The molecular weight excluding hydrogens is 428 g/mol. The molecule has 2 aromatic carbocycles. The zero-order chi connectivity index (χ0) is 22.5. The van der Waals surface area contributed by atoms with Crippen molar-refractivity contribution in [3.05, 3.63) is 64.7 Å². The summed E-state index contributed by atoms with van der Waals surface area (Å²) in [6.07, 6.45) is 1.77. The van der Waals surface area contributed by atoms with E-state index in [2.05, 4.69) is 5.32 Å². The van der Waals surface area contributed by atoms with Crippen molar-refractivity contribution in [2.75, 3.05) is 37.6 Å². The zero-order valence-electron chi connectivity index (χ0n) is 17.9. The van der Waals surface area contributed by atoms with Gasteiger partial charge >= 0.3 is 6.03 Å². The minimum absolute atomic E-state index is 0.0229. The van der Waals surface area contributed by atoms with Gasteiger partial charge in [-0.1, -0.05) is 41.9 Å². The van der Waals surface area contributed by atoms with E-state index in [1.807, 2.05) is 42.5 Å². The number of anilines is 1. The van der Waals surface area contributed by atoms with E-state index in [0.717, 1.165) is 29.8 Å². The van der Waals surface area contributed by atoms with Crippen molar-refractivity contribution in [2.45, 2.75) is 25.8 Å². The molecule has 168 valence electrons. The SMILES string of the molecule is O=C(Cc1ccccc1Cl)N1CCN(C(=O)NCc2ccc(N3CCCC3=O)cc2)CC1. The first-order chi connectivity index (χ1) is 15.5. The molecule has 7 nitrogen and oxygen atoms in total. The summed E-state index contributed by atoms with van der Waals surface area (Å²) >= 11 is 6.16. The van der Waals surface area contributed by atoms with Gasteiger partial charge in [-0.15, -0.1) is 0 Å². The van der Waals surface area contributed by atoms with Crippen molar-refractivity contribution < 1.29 is 14.4 Å². The predicted molar refractivity (Wildman–Crippen MR) is 124 cm³/mol. The first kappa shape index (κ1) is 22.1. The molecule has 2 aliphatic heterocycles. The van der Waals surface area contributed by atoms with Crippen LogP contribution in [0.2, 0.25) is 5.02 Å². The summed E-state index contributed by atoms with van der Waals surface area (Å²) < 4.78 is 0. The van der Waals surface area contributed by atoms with Gasteiger partial charge in [-0.3, -0.25) is 9.59 Å². The van der Waals surface area contributed by atoms with Crippen LogP contribution >= 0.6 is 11.6 Å². The van der Waals surface area contributed by atoms with E-state index in [9.17, 15) is 14.4 Å². The van der Waals surface area contributed by atoms with Crippen LogP contribution in [0.25, 0.3) is 0 Å². The van der Waals surface area contributed by atoms with Crippen LogP contribution < -0.4 is 10.2 Å². The van der Waals surface area contributed by atoms with Crippen LogP contribution in [0.5, 0.6) is 0 Å². The smallest absolute Gasteiger partial charge is 0.317 e. The Morgan fingerprint density at radius 3 is 2.25 bits per heavy atom. The minimum atomic E-state index is -0.137. The van der Waals surface area contributed by atoms with Gasteiger partial charge in [-0.2, -0.15) is 0 Å². The standard InChI is InChI=1S/C24H27ClN4O3/c25-21-5-2-1-4-19(21)16-23(31)27-12-14-28(15-13-27)24(32)26-17-18-7-9-20(10-8-18)29-11-3-6-22(29)30/h1-2,4-5,7-10H,3,6,11-17H2,(H,26,32). The highest BCUT2D eigenvalue weighted by Gasteiger charge is 2.25. The van der Waals surface area contributed by atoms with Gasteiger partial charge in [0.1, 0.15) is 0 Å². The Kier molecular flexibility index (Phi) is 6.95. The molecule has 32 heavy (non-hydrogen) atoms. The van der Waals surface area contributed by atoms with Gasteiger partial charge in [-0.25, -0.2) is 4.79 Å². The molecule has 2 aromatic rings. The van der Waals surface area contributed by atoms with E-state index in [1.165, 1.54) is 0 Å². The van der Waals surface area contributed by atoms with Crippen LogP contribution in [0.3, 0.4) is 0 Å². The summed E-state index contributed by atoms with van der Waals surface area (Å²) in [5.74, 6) is 0.185. The number of benzene rings is 2. The normalized spacial score (nSPS) is 16.4. The van der Waals surface area contributed by atoms with Crippen molar-refractivity contribution in [3.63, 3.8) is 0 Å². The Hall–Kier alpha value is -3.06. The lowest BCUT2D eigenvalue weighted by Gasteiger charge is -2.34. The number of hydrogen-bond acceptors (Lipinski definition) is 3. The molecule has 0 bridgehead atoms. The summed E-state index contributed by atoms with van der Waals surface area (Å²) in [7, 11) is 0. The maximum Gasteiger partial charge on any atom is 0.317 e. The number of carbonyl (C=O) groups is 3. The molecule has 2 saturated heterocycles. The molecule has 2 heterocycles. The predicted octanol–water partition coefficient (Wildman–Crippen LogP) is 3.06. The number of rotatable bonds is 5. The summed E-state index contributed by atoms with van der Waals surface area (Å²) in [5, 5.41) is 3.54. The van der Waals surface area contributed by atoms with Gasteiger partial charge in [0.25, 0.3) is 0 Å². The number of halogens is 1. The van der Waals surface area contributed by atoms with Gasteiger partial charge in [0.2, 0.25) is 11.8 Å². The van der Waals surface area contributed by atoms with E-state index >= 15 is 0 Å². The number of piperazine rings is 1. The van der Waals surface area contributed by atoms with Gasteiger partial charge < -0.3 is 20.0 Å². The van der Waals surface area contributed by atoms with Crippen molar-refractivity contribution in [2.24, 2.45) is 0 Å². The Morgan fingerprint density at radius 2 is 1.59 bits per heavy atom. The largest absolute Gasteiger partial charge is 0.339 e. The number of nitrogens with zero attached hydrogens (tertiary/aromatic N) is 3. The molecule has 0 spiro atoms. The summed E-state index contributed by atoms with van der Waals surface area (Å²) in [6.45, 7) is 3.19. The van der Waals surface area contributed by atoms with Crippen LogP contribution in [0.4, 0.5) is 10.5 Å². The minimum Gasteiger partial charge on any atom is -0.339 e. The first-order valence-electron chi connectivity index (χ1n) is 10.9. The number of urea groups is 1. The summed E-state index contributed by atoms with van der Waals surface area (Å²) in [5.41, 5.74) is 2.70. The van der Waals surface area contributed by atoms with Gasteiger partial charge in [-0.05, 0) is 35.7 Å². The summed E-state index contributed by atoms with van der Waals surface area (Å²) in [6, 6.07) is 14.9. The second-order valence-electron chi connectivity index (χ2n) is 8.11.